The van der Waals surface area contributed by atoms with Crippen molar-refractivity contribution in [3.63, 3.8) is 0 Å². The van der Waals surface area contributed by atoms with Crippen LogP contribution in [0, 0.1) is 5.92 Å². The Balaban J connectivity index is 1.54. The molecule has 0 bridgehead atoms. The van der Waals surface area contributed by atoms with Gasteiger partial charge < -0.3 is 10.1 Å². The molecule has 146 valence electrons. The van der Waals surface area contributed by atoms with Gasteiger partial charge in [0.05, 0.1) is 25.5 Å². The molecule has 9 heteroatoms. The summed E-state index contributed by atoms with van der Waals surface area (Å²) in [6.07, 6.45) is 0. The van der Waals surface area contributed by atoms with E-state index in [2.05, 4.69) is 15.3 Å². The lowest BCUT2D eigenvalue weighted by molar-refractivity contribution is -0.138. The molecule has 3 rings (SSSR count). The largest absolute Gasteiger partial charge is 0.379 e. The van der Waals surface area contributed by atoms with Crippen LogP contribution in [0.1, 0.15) is 12.5 Å². The topological polar surface area (TPSA) is 74.2 Å². The second-order valence-corrected chi connectivity index (χ2v) is 7.39. The van der Waals surface area contributed by atoms with Crippen molar-refractivity contribution in [2.75, 3.05) is 39.4 Å². The van der Waals surface area contributed by atoms with Gasteiger partial charge in [0.1, 0.15) is 0 Å². The van der Waals surface area contributed by atoms with Gasteiger partial charge in [0.2, 0.25) is 5.91 Å². The number of hydrogen-bond donors (Lipinski definition) is 1. The second-order valence-electron chi connectivity index (χ2n) is 6.55. The van der Waals surface area contributed by atoms with Gasteiger partial charge in [-0.1, -0.05) is 29.3 Å². The average Bonchev–Trinajstić information content (AvgIpc) is 2.92. The van der Waals surface area contributed by atoms with Gasteiger partial charge in [0.15, 0.2) is 5.92 Å². The van der Waals surface area contributed by atoms with Crippen molar-refractivity contribution >= 4 is 40.7 Å². The van der Waals surface area contributed by atoms with Crippen LogP contribution >= 0.6 is 23.2 Å². The molecule has 2 aliphatic heterocycles. The molecule has 1 atom stereocenters. The average molecular weight is 413 g/mol. The van der Waals surface area contributed by atoms with Crippen molar-refractivity contribution in [1.29, 1.82) is 0 Å². The predicted molar refractivity (Wildman–Crippen MR) is 104 cm³/mol. The van der Waals surface area contributed by atoms with Crippen molar-refractivity contribution in [3.05, 3.63) is 33.8 Å². The minimum atomic E-state index is -0.888. The normalized spacial score (nSPS) is 20.7. The monoisotopic (exact) mass is 412 g/mol. The zero-order valence-corrected chi connectivity index (χ0v) is 16.6. The van der Waals surface area contributed by atoms with E-state index >= 15 is 0 Å². The summed E-state index contributed by atoms with van der Waals surface area (Å²) in [6.45, 7) is 6.24. The summed E-state index contributed by atoms with van der Waals surface area (Å²) in [6, 6.07) is 5.07. The van der Waals surface area contributed by atoms with Gasteiger partial charge in [-0.3, -0.25) is 14.5 Å². The van der Waals surface area contributed by atoms with E-state index in [1.165, 1.54) is 5.01 Å². The molecule has 2 amide bonds. The number of carbonyl (C=O) groups is 2. The molecule has 2 heterocycles. The molecule has 0 spiro atoms. The number of benzene rings is 1. The first kappa shape index (κ1) is 20.1. The fraction of sp³-hybridized carbons (Fsp3) is 0.500. The van der Waals surface area contributed by atoms with Crippen LogP contribution in [0.25, 0.3) is 0 Å². The summed E-state index contributed by atoms with van der Waals surface area (Å²) in [5.41, 5.74) is 1.20. The van der Waals surface area contributed by atoms with Crippen LogP contribution in [0.5, 0.6) is 0 Å². The lowest BCUT2D eigenvalue weighted by atomic mass is 10.0. The number of amides is 2. The van der Waals surface area contributed by atoms with Gasteiger partial charge in [-0.25, -0.2) is 5.01 Å². The molecule has 1 saturated heterocycles. The van der Waals surface area contributed by atoms with Crippen LogP contribution < -0.4 is 5.32 Å². The van der Waals surface area contributed by atoms with Crippen molar-refractivity contribution < 1.29 is 14.3 Å². The minimum absolute atomic E-state index is 0.198. The number of ether oxygens (including phenoxy) is 1. The Kier molecular flexibility index (Phi) is 6.70. The van der Waals surface area contributed by atoms with E-state index < -0.39 is 5.92 Å². The zero-order valence-electron chi connectivity index (χ0n) is 15.1. The maximum Gasteiger partial charge on any atom is 0.261 e. The summed E-state index contributed by atoms with van der Waals surface area (Å²) >= 11 is 12.1. The van der Waals surface area contributed by atoms with Crippen LogP contribution in [0.4, 0.5) is 0 Å². The van der Waals surface area contributed by atoms with Crippen molar-refractivity contribution in [2.45, 2.75) is 13.5 Å². The number of hydrazone groups is 1. The number of rotatable bonds is 6. The molecular formula is C18H22Cl2N4O3. The summed E-state index contributed by atoms with van der Waals surface area (Å²) in [5.74, 6) is -1.55. The van der Waals surface area contributed by atoms with Crippen LogP contribution in [-0.2, 0) is 20.9 Å². The van der Waals surface area contributed by atoms with Crippen molar-refractivity contribution in [1.82, 2.24) is 15.2 Å². The van der Waals surface area contributed by atoms with Gasteiger partial charge in [0, 0.05) is 36.2 Å². The van der Waals surface area contributed by atoms with E-state index in [0.717, 1.165) is 25.2 Å². The molecule has 27 heavy (non-hydrogen) atoms. The third kappa shape index (κ3) is 4.99. The molecule has 7 nitrogen and oxygen atoms in total. The van der Waals surface area contributed by atoms with Crippen LogP contribution in [0.15, 0.2) is 23.3 Å². The highest BCUT2D eigenvalue weighted by Crippen LogP contribution is 2.25. The standard InChI is InChI=1S/C18H22Cl2N4O3/c1-12-16(17(25)21-4-5-23-6-8-27-9-7-23)18(26)24(22-12)11-13-2-3-14(19)10-15(13)20/h2-3,10,16H,4-9,11H2,1H3,(H,21,25). The van der Waals surface area contributed by atoms with Gasteiger partial charge in [-0.05, 0) is 24.6 Å². The molecule has 1 N–H and O–H groups in total. The van der Waals surface area contributed by atoms with E-state index in [9.17, 15) is 9.59 Å². The van der Waals surface area contributed by atoms with E-state index in [1.807, 2.05) is 0 Å². The Morgan fingerprint density at radius 1 is 1.33 bits per heavy atom. The van der Waals surface area contributed by atoms with Gasteiger partial charge in [0.25, 0.3) is 5.91 Å². The van der Waals surface area contributed by atoms with Crippen LogP contribution in [0.3, 0.4) is 0 Å². The summed E-state index contributed by atoms with van der Waals surface area (Å²) in [4.78, 5) is 27.4. The number of hydrogen-bond acceptors (Lipinski definition) is 5. The van der Waals surface area contributed by atoms with Gasteiger partial charge >= 0.3 is 0 Å². The summed E-state index contributed by atoms with van der Waals surface area (Å²) < 4.78 is 5.30. The Morgan fingerprint density at radius 2 is 2.07 bits per heavy atom. The summed E-state index contributed by atoms with van der Waals surface area (Å²) in [5, 5.41) is 9.36. The summed E-state index contributed by atoms with van der Waals surface area (Å²) in [7, 11) is 0. The van der Waals surface area contributed by atoms with E-state index in [4.69, 9.17) is 27.9 Å². The Hall–Kier alpha value is -1.67. The minimum Gasteiger partial charge on any atom is -0.379 e. The van der Waals surface area contributed by atoms with E-state index in [-0.39, 0.29) is 18.4 Å². The molecule has 1 unspecified atom stereocenters. The molecule has 1 fully saturated rings. The number of morpholine rings is 1. The van der Waals surface area contributed by atoms with Crippen LogP contribution in [-0.4, -0.2) is 66.8 Å². The second kappa shape index (κ2) is 9.01. The quantitative estimate of drug-likeness (QED) is 0.722. The third-order valence-electron chi connectivity index (χ3n) is 4.63. The molecule has 1 aromatic carbocycles. The smallest absolute Gasteiger partial charge is 0.261 e. The SMILES string of the molecule is CC1=NN(Cc2ccc(Cl)cc2Cl)C(=O)C1C(=O)NCCN1CCOCC1. The molecule has 0 radical (unpaired) electrons. The van der Waals surface area contributed by atoms with E-state index in [1.54, 1.807) is 25.1 Å². The lowest BCUT2D eigenvalue weighted by Gasteiger charge is -2.26. The fourth-order valence-electron chi connectivity index (χ4n) is 3.12. The number of carbonyl (C=O) groups excluding carboxylic acids is 2. The maximum absolute atomic E-state index is 12.7. The predicted octanol–water partition coefficient (Wildman–Crippen LogP) is 1.78. The van der Waals surface area contributed by atoms with Crippen molar-refractivity contribution in [2.24, 2.45) is 11.0 Å². The van der Waals surface area contributed by atoms with Crippen LogP contribution in [0.2, 0.25) is 10.0 Å². The fourth-order valence-corrected chi connectivity index (χ4v) is 3.58. The molecule has 0 aliphatic carbocycles. The Bertz CT molecular complexity index is 750. The highest BCUT2D eigenvalue weighted by molar-refractivity contribution is 6.35. The number of nitrogens with one attached hydrogen (secondary N) is 1. The third-order valence-corrected chi connectivity index (χ3v) is 5.21. The highest BCUT2D eigenvalue weighted by Gasteiger charge is 2.39. The lowest BCUT2D eigenvalue weighted by Crippen LogP contribution is -2.44. The van der Waals surface area contributed by atoms with Crippen molar-refractivity contribution in [3.8, 4) is 0 Å². The van der Waals surface area contributed by atoms with E-state index in [0.29, 0.717) is 35.5 Å². The molecule has 2 aliphatic rings. The Morgan fingerprint density at radius 3 is 2.78 bits per heavy atom. The highest BCUT2D eigenvalue weighted by atomic mass is 35.5. The first-order valence-electron chi connectivity index (χ1n) is 8.84. The first-order chi connectivity index (χ1) is 13.0. The molecular weight excluding hydrogens is 391 g/mol. The first-order valence-corrected chi connectivity index (χ1v) is 9.59. The number of nitrogens with zero attached hydrogens (tertiary/aromatic N) is 3. The molecule has 0 saturated carbocycles. The zero-order chi connectivity index (χ0) is 19.4. The number of halogens is 2. The molecule has 1 aromatic rings. The maximum atomic E-state index is 12.7. The molecule has 0 aromatic heterocycles. The van der Waals surface area contributed by atoms with Gasteiger partial charge in [-0.15, -0.1) is 0 Å². The Labute approximate surface area is 168 Å². The van der Waals surface area contributed by atoms with Gasteiger partial charge in [-0.2, -0.15) is 5.10 Å².